The van der Waals surface area contributed by atoms with Gasteiger partial charge in [0.1, 0.15) is 0 Å². The lowest BCUT2D eigenvalue weighted by Gasteiger charge is -1.99. The van der Waals surface area contributed by atoms with E-state index >= 15 is 0 Å². The van der Waals surface area contributed by atoms with Gasteiger partial charge in [-0.3, -0.25) is 4.79 Å². The molecular formula is C10H7BrClNO. The van der Waals surface area contributed by atoms with Gasteiger partial charge in [0.05, 0.1) is 5.02 Å². The summed E-state index contributed by atoms with van der Waals surface area (Å²) in [5.41, 5.74) is 1.51. The molecule has 2 rings (SSSR count). The summed E-state index contributed by atoms with van der Waals surface area (Å²) in [5, 5.41) is 1.36. The van der Waals surface area contributed by atoms with Gasteiger partial charge in [-0.25, -0.2) is 0 Å². The summed E-state index contributed by atoms with van der Waals surface area (Å²) in [7, 11) is 0. The van der Waals surface area contributed by atoms with E-state index in [-0.39, 0.29) is 5.78 Å². The second-order valence-corrected chi connectivity index (χ2v) is 4.27. The third-order valence-electron chi connectivity index (χ3n) is 2.12. The maximum Gasteiger partial charge on any atom is 0.162 e. The van der Waals surface area contributed by atoms with E-state index in [0.717, 1.165) is 15.4 Å². The zero-order valence-corrected chi connectivity index (χ0v) is 9.74. The predicted octanol–water partition coefficient (Wildman–Crippen LogP) is 3.79. The van der Waals surface area contributed by atoms with Crippen LogP contribution < -0.4 is 0 Å². The lowest BCUT2D eigenvalue weighted by Crippen LogP contribution is -1.89. The van der Waals surface area contributed by atoms with Crippen LogP contribution in [0.15, 0.2) is 22.8 Å². The first-order chi connectivity index (χ1) is 6.61. The van der Waals surface area contributed by atoms with Crippen LogP contribution >= 0.6 is 27.5 Å². The van der Waals surface area contributed by atoms with Gasteiger partial charge in [-0.2, -0.15) is 0 Å². The molecule has 1 aromatic heterocycles. The van der Waals surface area contributed by atoms with Crippen LogP contribution in [-0.2, 0) is 0 Å². The Labute approximate surface area is 94.4 Å². The van der Waals surface area contributed by atoms with E-state index < -0.39 is 0 Å². The number of H-pyrrole nitrogens is 1. The van der Waals surface area contributed by atoms with Crippen molar-refractivity contribution >= 4 is 44.2 Å². The molecule has 0 aliphatic rings. The first-order valence-electron chi connectivity index (χ1n) is 4.07. The Kier molecular flexibility index (Phi) is 2.37. The second-order valence-electron chi connectivity index (χ2n) is 3.04. The minimum Gasteiger partial charge on any atom is -0.360 e. The second kappa shape index (κ2) is 3.41. The molecule has 0 saturated heterocycles. The van der Waals surface area contributed by atoms with Crippen molar-refractivity contribution in [1.29, 1.82) is 0 Å². The molecule has 1 heterocycles. The fourth-order valence-electron chi connectivity index (χ4n) is 1.43. The maximum absolute atomic E-state index is 11.3. The first kappa shape index (κ1) is 9.74. The number of ketones is 1. The van der Waals surface area contributed by atoms with Crippen molar-refractivity contribution < 1.29 is 4.79 Å². The number of aromatic amines is 1. The van der Waals surface area contributed by atoms with Crippen molar-refractivity contribution in [2.75, 3.05) is 0 Å². The minimum atomic E-state index is 0.0104. The summed E-state index contributed by atoms with van der Waals surface area (Å²) in [4.78, 5) is 14.3. The quantitative estimate of drug-likeness (QED) is 0.787. The van der Waals surface area contributed by atoms with Crippen LogP contribution in [0, 0.1) is 0 Å². The SMILES string of the molecule is CC(=O)c1c[nH]c2ccc(Br)c(Cl)c12. The Morgan fingerprint density at radius 2 is 2.21 bits per heavy atom. The highest BCUT2D eigenvalue weighted by atomic mass is 79.9. The normalized spacial score (nSPS) is 10.8. The van der Waals surface area contributed by atoms with E-state index in [2.05, 4.69) is 20.9 Å². The number of nitrogens with one attached hydrogen (secondary N) is 1. The molecule has 0 aliphatic heterocycles. The molecule has 14 heavy (non-hydrogen) atoms. The molecule has 0 aliphatic carbocycles. The fourth-order valence-corrected chi connectivity index (χ4v) is 2.03. The van der Waals surface area contributed by atoms with Crippen LogP contribution in [0.1, 0.15) is 17.3 Å². The standard InChI is InChI=1S/C10H7BrClNO/c1-5(14)6-4-13-8-3-2-7(11)10(12)9(6)8/h2-4,13H,1H3. The monoisotopic (exact) mass is 271 g/mol. The van der Waals surface area contributed by atoms with E-state index in [0.29, 0.717) is 10.6 Å². The number of hydrogen-bond acceptors (Lipinski definition) is 1. The molecule has 0 unspecified atom stereocenters. The van der Waals surface area contributed by atoms with E-state index in [1.54, 1.807) is 6.20 Å². The van der Waals surface area contributed by atoms with E-state index in [1.807, 2.05) is 12.1 Å². The van der Waals surface area contributed by atoms with Crippen LogP contribution in [0.4, 0.5) is 0 Å². The van der Waals surface area contributed by atoms with Crippen molar-refractivity contribution in [3.63, 3.8) is 0 Å². The number of halogens is 2. The lowest BCUT2D eigenvalue weighted by atomic mass is 10.1. The molecule has 72 valence electrons. The first-order valence-corrected chi connectivity index (χ1v) is 5.24. The highest BCUT2D eigenvalue weighted by Gasteiger charge is 2.12. The van der Waals surface area contributed by atoms with Gasteiger partial charge in [-0.1, -0.05) is 11.6 Å². The van der Waals surface area contributed by atoms with Crippen molar-refractivity contribution in [2.45, 2.75) is 6.92 Å². The average Bonchev–Trinajstić information content (AvgIpc) is 2.55. The van der Waals surface area contributed by atoms with Gasteiger partial charge in [0.25, 0.3) is 0 Å². The van der Waals surface area contributed by atoms with Crippen molar-refractivity contribution in [3.8, 4) is 0 Å². The average molecular weight is 273 g/mol. The molecule has 2 aromatic rings. The summed E-state index contributed by atoms with van der Waals surface area (Å²) < 4.78 is 0.800. The zero-order valence-electron chi connectivity index (χ0n) is 7.40. The predicted molar refractivity (Wildman–Crippen MR) is 61.0 cm³/mol. The molecule has 0 spiro atoms. The number of carbonyl (C=O) groups excluding carboxylic acids is 1. The van der Waals surface area contributed by atoms with Crippen LogP contribution in [0.3, 0.4) is 0 Å². The molecule has 0 atom stereocenters. The van der Waals surface area contributed by atoms with Crippen LogP contribution in [0.2, 0.25) is 5.02 Å². The van der Waals surface area contributed by atoms with Crippen molar-refractivity contribution in [2.24, 2.45) is 0 Å². The Hall–Kier alpha value is -0.800. The third-order valence-corrected chi connectivity index (χ3v) is 3.40. The topological polar surface area (TPSA) is 32.9 Å². The highest BCUT2D eigenvalue weighted by molar-refractivity contribution is 9.10. The highest BCUT2D eigenvalue weighted by Crippen LogP contribution is 2.33. The minimum absolute atomic E-state index is 0.0104. The van der Waals surface area contributed by atoms with Gasteiger partial charge < -0.3 is 4.98 Å². The van der Waals surface area contributed by atoms with Crippen molar-refractivity contribution in [3.05, 3.63) is 33.4 Å². The third kappa shape index (κ3) is 1.37. The number of fused-ring (bicyclic) bond motifs is 1. The largest absolute Gasteiger partial charge is 0.360 e. The Balaban J connectivity index is 2.89. The molecule has 2 nitrogen and oxygen atoms in total. The number of aromatic nitrogens is 1. The van der Waals surface area contributed by atoms with E-state index in [9.17, 15) is 4.79 Å². The molecule has 1 aromatic carbocycles. The number of rotatable bonds is 1. The number of benzene rings is 1. The Morgan fingerprint density at radius 1 is 1.50 bits per heavy atom. The molecule has 0 radical (unpaired) electrons. The Bertz CT molecular complexity index is 518. The summed E-state index contributed by atoms with van der Waals surface area (Å²) in [6.07, 6.45) is 1.69. The van der Waals surface area contributed by atoms with Crippen molar-refractivity contribution in [1.82, 2.24) is 4.98 Å². The van der Waals surface area contributed by atoms with Crippen LogP contribution in [0.5, 0.6) is 0 Å². The van der Waals surface area contributed by atoms with E-state index in [4.69, 9.17) is 11.6 Å². The summed E-state index contributed by atoms with van der Waals surface area (Å²) in [6, 6.07) is 3.74. The molecule has 0 amide bonds. The van der Waals surface area contributed by atoms with Gasteiger partial charge in [-0.15, -0.1) is 0 Å². The van der Waals surface area contributed by atoms with Crippen LogP contribution in [-0.4, -0.2) is 10.8 Å². The molecule has 4 heteroatoms. The molecule has 0 fully saturated rings. The molecule has 1 N–H and O–H groups in total. The van der Waals surface area contributed by atoms with Gasteiger partial charge in [-0.05, 0) is 35.0 Å². The Morgan fingerprint density at radius 3 is 2.86 bits per heavy atom. The van der Waals surface area contributed by atoms with E-state index in [1.165, 1.54) is 6.92 Å². The molecule has 0 saturated carbocycles. The summed E-state index contributed by atoms with van der Waals surface area (Å²) >= 11 is 9.42. The number of carbonyl (C=O) groups is 1. The van der Waals surface area contributed by atoms with Crippen LogP contribution in [0.25, 0.3) is 10.9 Å². The smallest absolute Gasteiger partial charge is 0.162 e. The molecule has 0 bridgehead atoms. The van der Waals surface area contributed by atoms with Gasteiger partial charge in [0.15, 0.2) is 5.78 Å². The van der Waals surface area contributed by atoms with Gasteiger partial charge in [0, 0.05) is 27.1 Å². The summed E-state index contributed by atoms with van der Waals surface area (Å²) in [5.74, 6) is 0.0104. The molecular weight excluding hydrogens is 265 g/mol. The zero-order chi connectivity index (χ0) is 10.3. The summed E-state index contributed by atoms with van der Waals surface area (Å²) in [6.45, 7) is 1.53. The number of hydrogen-bond donors (Lipinski definition) is 1. The van der Waals surface area contributed by atoms with Gasteiger partial charge in [0.2, 0.25) is 0 Å². The fraction of sp³-hybridized carbons (Fsp3) is 0.100. The van der Waals surface area contributed by atoms with Gasteiger partial charge >= 0.3 is 0 Å². The number of Topliss-reactive ketones (excluding diaryl/α,β-unsaturated/α-hetero) is 1. The maximum atomic E-state index is 11.3. The lowest BCUT2D eigenvalue weighted by molar-refractivity contribution is 0.101.